The Bertz CT molecular complexity index is 90.3. The smallest absolute Gasteiger partial charge is 0.126 e. The molecule has 0 aromatic heterocycles. The molecule has 0 amide bonds. The Kier molecular flexibility index (Phi) is 6.61. The Balaban J connectivity index is 0. The minimum absolute atomic E-state index is 0.0694. The first kappa shape index (κ1) is 12.3. The molecule has 0 aromatic rings. The summed E-state index contributed by atoms with van der Waals surface area (Å²) in [6.07, 6.45) is 0. The highest BCUT2D eigenvalue weighted by atomic mass is 16.1. The maximum Gasteiger partial charge on any atom is 0.126 e. The van der Waals surface area contributed by atoms with Crippen molar-refractivity contribution in [2.24, 2.45) is 5.84 Å². The molecule has 3 nitrogen and oxygen atoms in total. The second-order valence-electron chi connectivity index (χ2n) is 3.30. The van der Waals surface area contributed by atoms with Crippen LogP contribution in [0.15, 0.2) is 0 Å². The molecule has 3 heteroatoms. The van der Waals surface area contributed by atoms with Crippen LogP contribution in [0, 0.1) is 0 Å². The SMILES string of the molecule is CC(C)(C)NN.CC(C)=O. The number of nitrogens with one attached hydrogen (secondary N) is 1. The van der Waals surface area contributed by atoms with Gasteiger partial charge in [0.05, 0.1) is 0 Å². The lowest BCUT2D eigenvalue weighted by molar-refractivity contribution is -0.114. The third kappa shape index (κ3) is 49.1. The van der Waals surface area contributed by atoms with Crippen molar-refractivity contribution in [2.45, 2.75) is 40.2 Å². The maximum atomic E-state index is 9.44. The van der Waals surface area contributed by atoms with E-state index < -0.39 is 0 Å². The van der Waals surface area contributed by atoms with Crippen molar-refractivity contribution in [1.82, 2.24) is 5.43 Å². The first-order chi connectivity index (χ1) is 4.29. The topological polar surface area (TPSA) is 55.1 Å². The van der Waals surface area contributed by atoms with Crippen LogP contribution in [0.4, 0.5) is 0 Å². The van der Waals surface area contributed by atoms with Crippen LogP contribution in [0.3, 0.4) is 0 Å². The molecule has 0 spiro atoms. The summed E-state index contributed by atoms with van der Waals surface area (Å²) in [5, 5.41) is 0. The molecule has 0 atom stereocenters. The second kappa shape index (κ2) is 5.38. The van der Waals surface area contributed by atoms with E-state index in [0.29, 0.717) is 0 Å². The molecule has 0 aliphatic carbocycles. The fraction of sp³-hybridized carbons (Fsp3) is 0.857. The summed E-state index contributed by atoms with van der Waals surface area (Å²) in [6, 6.07) is 0. The van der Waals surface area contributed by atoms with Gasteiger partial charge in [-0.05, 0) is 34.6 Å². The van der Waals surface area contributed by atoms with Gasteiger partial charge in [-0.3, -0.25) is 11.3 Å². The van der Waals surface area contributed by atoms with Crippen molar-refractivity contribution in [3.05, 3.63) is 0 Å². The van der Waals surface area contributed by atoms with Gasteiger partial charge in [-0.15, -0.1) is 0 Å². The summed E-state index contributed by atoms with van der Waals surface area (Å²) in [7, 11) is 0. The van der Waals surface area contributed by atoms with Gasteiger partial charge in [-0.2, -0.15) is 0 Å². The zero-order valence-electron chi connectivity index (χ0n) is 7.49. The fourth-order valence-corrected chi connectivity index (χ4v) is 0. The molecule has 0 aromatic carbocycles. The van der Waals surface area contributed by atoms with Crippen LogP contribution in [-0.4, -0.2) is 11.3 Å². The van der Waals surface area contributed by atoms with E-state index in [1.54, 1.807) is 0 Å². The summed E-state index contributed by atoms with van der Waals surface area (Å²) in [6.45, 7) is 9.08. The number of rotatable bonds is 0. The number of carbonyl (C=O) groups excluding carboxylic acids is 1. The number of hydrogen-bond acceptors (Lipinski definition) is 3. The highest BCUT2D eigenvalue weighted by Gasteiger charge is 2.02. The molecule has 62 valence electrons. The minimum Gasteiger partial charge on any atom is -0.300 e. The largest absolute Gasteiger partial charge is 0.300 e. The molecule has 0 fully saturated rings. The van der Waals surface area contributed by atoms with Gasteiger partial charge in [0.1, 0.15) is 5.78 Å². The van der Waals surface area contributed by atoms with Crippen molar-refractivity contribution in [1.29, 1.82) is 0 Å². The molecule has 10 heavy (non-hydrogen) atoms. The number of nitrogens with two attached hydrogens (primary N) is 1. The summed E-state index contributed by atoms with van der Waals surface area (Å²) < 4.78 is 0. The van der Waals surface area contributed by atoms with Crippen LogP contribution >= 0.6 is 0 Å². The predicted octanol–water partition coefficient (Wildman–Crippen LogP) is 0.844. The number of hydrogen-bond donors (Lipinski definition) is 2. The molecule has 0 heterocycles. The third-order valence-electron chi connectivity index (χ3n) is 0.433. The van der Waals surface area contributed by atoms with Gasteiger partial charge in [-0.25, -0.2) is 0 Å². The van der Waals surface area contributed by atoms with Gasteiger partial charge in [-0.1, -0.05) is 0 Å². The maximum absolute atomic E-state index is 9.44. The molecular formula is C7H18N2O. The Hall–Kier alpha value is -0.410. The van der Waals surface area contributed by atoms with E-state index in [1.165, 1.54) is 13.8 Å². The van der Waals surface area contributed by atoms with E-state index in [2.05, 4.69) is 5.43 Å². The minimum atomic E-state index is 0.0694. The number of carbonyl (C=O) groups is 1. The van der Waals surface area contributed by atoms with E-state index in [9.17, 15) is 4.79 Å². The van der Waals surface area contributed by atoms with Crippen LogP contribution in [0.2, 0.25) is 0 Å². The third-order valence-corrected chi connectivity index (χ3v) is 0.433. The zero-order valence-corrected chi connectivity index (χ0v) is 7.49. The quantitative estimate of drug-likeness (QED) is 0.393. The van der Waals surface area contributed by atoms with Gasteiger partial charge >= 0.3 is 0 Å². The lowest BCUT2D eigenvalue weighted by atomic mass is 10.1. The number of ketones is 1. The number of Topliss-reactive ketones (excluding diaryl/α,β-unsaturated/α-hetero) is 1. The highest BCUT2D eigenvalue weighted by Crippen LogP contribution is 1.92. The first-order valence-electron chi connectivity index (χ1n) is 3.24. The van der Waals surface area contributed by atoms with Crippen LogP contribution < -0.4 is 11.3 Å². The lowest BCUT2D eigenvalue weighted by Crippen LogP contribution is -2.41. The molecule has 3 N–H and O–H groups in total. The fourth-order valence-electron chi connectivity index (χ4n) is 0. The van der Waals surface area contributed by atoms with Crippen molar-refractivity contribution in [3.63, 3.8) is 0 Å². The van der Waals surface area contributed by atoms with Gasteiger partial charge in [0, 0.05) is 5.54 Å². The predicted molar refractivity (Wildman–Crippen MR) is 43.4 cm³/mol. The van der Waals surface area contributed by atoms with E-state index in [1.807, 2.05) is 20.8 Å². The van der Waals surface area contributed by atoms with Crippen LogP contribution in [0.1, 0.15) is 34.6 Å². The van der Waals surface area contributed by atoms with E-state index in [4.69, 9.17) is 5.84 Å². The molecular weight excluding hydrogens is 128 g/mol. The normalized spacial score (nSPS) is 9.80. The van der Waals surface area contributed by atoms with Crippen LogP contribution in [0.5, 0.6) is 0 Å². The monoisotopic (exact) mass is 146 g/mol. The summed E-state index contributed by atoms with van der Waals surface area (Å²) in [4.78, 5) is 9.44. The van der Waals surface area contributed by atoms with Crippen molar-refractivity contribution in [2.75, 3.05) is 0 Å². The van der Waals surface area contributed by atoms with Crippen LogP contribution in [0.25, 0.3) is 0 Å². The van der Waals surface area contributed by atoms with Gasteiger partial charge in [0.25, 0.3) is 0 Å². The molecule has 0 bridgehead atoms. The van der Waals surface area contributed by atoms with Gasteiger partial charge in [0.2, 0.25) is 0 Å². The van der Waals surface area contributed by atoms with Crippen LogP contribution in [-0.2, 0) is 4.79 Å². The molecule has 0 radical (unpaired) electrons. The molecule has 0 unspecified atom stereocenters. The Morgan fingerprint density at radius 3 is 1.40 bits per heavy atom. The summed E-state index contributed by atoms with van der Waals surface area (Å²) >= 11 is 0. The molecule has 0 aliphatic heterocycles. The van der Waals surface area contributed by atoms with Crippen molar-refractivity contribution < 1.29 is 4.79 Å². The first-order valence-corrected chi connectivity index (χ1v) is 3.24. The van der Waals surface area contributed by atoms with Crippen molar-refractivity contribution >= 4 is 5.78 Å². The van der Waals surface area contributed by atoms with E-state index in [0.717, 1.165) is 0 Å². The van der Waals surface area contributed by atoms with Gasteiger partial charge in [0.15, 0.2) is 0 Å². The Morgan fingerprint density at radius 1 is 1.30 bits per heavy atom. The number of hydrazine groups is 1. The highest BCUT2D eigenvalue weighted by molar-refractivity contribution is 5.72. The second-order valence-corrected chi connectivity index (χ2v) is 3.30. The van der Waals surface area contributed by atoms with Gasteiger partial charge < -0.3 is 4.79 Å². The van der Waals surface area contributed by atoms with E-state index >= 15 is 0 Å². The average molecular weight is 146 g/mol. The standard InChI is InChI=1S/C4H12N2.C3H6O/c1-4(2,3)6-5;1-3(2)4/h6H,5H2,1-3H3;1-2H3. The average Bonchev–Trinajstić information content (AvgIpc) is 1.63. The summed E-state index contributed by atoms with van der Waals surface area (Å²) in [5.41, 5.74) is 2.67. The molecule has 0 saturated carbocycles. The lowest BCUT2D eigenvalue weighted by Gasteiger charge is -2.14. The van der Waals surface area contributed by atoms with Crippen molar-refractivity contribution in [3.8, 4) is 0 Å². The van der Waals surface area contributed by atoms with E-state index in [-0.39, 0.29) is 11.3 Å². The zero-order chi connectivity index (χ0) is 8.78. The molecule has 0 aliphatic rings. The Morgan fingerprint density at radius 2 is 1.40 bits per heavy atom. The summed E-state index contributed by atoms with van der Waals surface area (Å²) in [5.74, 6) is 5.22. The molecule has 0 saturated heterocycles. The molecule has 0 rings (SSSR count). The Labute approximate surface area is 63.0 Å².